The van der Waals surface area contributed by atoms with Gasteiger partial charge in [0.15, 0.2) is 0 Å². The number of ether oxygens (including phenoxy) is 1. The Kier molecular flexibility index (Phi) is 5.88. The van der Waals surface area contributed by atoms with E-state index in [0.717, 1.165) is 11.3 Å². The molecule has 0 aliphatic carbocycles. The first-order chi connectivity index (χ1) is 5.77. The topological polar surface area (TPSA) is 35.2 Å². The Hall–Kier alpha value is -0.440. The lowest BCUT2D eigenvalue weighted by molar-refractivity contribution is 0.414. The van der Waals surface area contributed by atoms with Crippen LogP contribution < -0.4 is 10.5 Å². The number of halogens is 2. The van der Waals surface area contributed by atoms with Crippen LogP contribution in [0.1, 0.15) is 10.9 Å². The molecule has 0 spiro atoms. The Morgan fingerprint density at radius 1 is 1.38 bits per heavy atom. The van der Waals surface area contributed by atoms with E-state index in [2.05, 4.69) is 0 Å². The SMILES string of the molecule is COc1ccc(C(Cl)CN)cc1.Cl. The summed E-state index contributed by atoms with van der Waals surface area (Å²) in [6.45, 7) is 0.452. The maximum Gasteiger partial charge on any atom is 0.118 e. The van der Waals surface area contributed by atoms with Gasteiger partial charge in [0.2, 0.25) is 0 Å². The van der Waals surface area contributed by atoms with Gasteiger partial charge in [0.1, 0.15) is 5.75 Å². The molecule has 1 rings (SSSR count). The van der Waals surface area contributed by atoms with Crippen molar-refractivity contribution in [2.75, 3.05) is 13.7 Å². The van der Waals surface area contributed by atoms with Crippen LogP contribution in [0.3, 0.4) is 0 Å². The van der Waals surface area contributed by atoms with Gasteiger partial charge in [-0.3, -0.25) is 0 Å². The third-order valence-corrected chi connectivity index (χ3v) is 2.11. The number of nitrogens with two attached hydrogens (primary N) is 1. The Bertz CT molecular complexity index is 238. The van der Waals surface area contributed by atoms with Crippen molar-refractivity contribution >= 4 is 24.0 Å². The summed E-state index contributed by atoms with van der Waals surface area (Å²) in [7, 11) is 1.64. The van der Waals surface area contributed by atoms with Gasteiger partial charge >= 0.3 is 0 Å². The number of hydrogen-bond donors (Lipinski definition) is 1. The maximum absolute atomic E-state index is 5.92. The largest absolute Gasteiger partial charge is 0.497 e. The van der Waals surface area contributed by atoms with Gasteiger partial charge < -0.3 is 10.5 Å². The number of methoxy groups -OCH3 is 1. The van der Waals surface area contributed by atoms with Gasteiger partial charge in [-0.2, -0.15) is 0 Å². The molecule has 0 bridgehead atoms. The van der Waals surface area contributed by atoms with E-state index < -0.39 is 0 Å². The summed E-state index contributed by atoms with van der Waals surface area (Å²) in [4.78, 5) is 0. The highest BCUT2D eigenvalue weighted by Crippen LogP contribution is 2.21. The van der Waals surface area contributed by atoms with Crippen molar-refractivity contribution in [3.05, 3.63) is 29.8 Å². The van der Waals surface area contributed by atoms with E-state index >= 15 is 0 Å². The fourth-order valence-electron chi connectivity index (χ4n) is 0.949. The van der Waals surface area contributed by atoms with E-state index in [1.807, 2.05) is 24.3 Å². The van der Waals surface area contributed by atoms with Crippen LogP contribution >= 0.6 is 24.0 Å². The average Bonchev–Trinajstić information content (AvgIpc) is 2.17. The molecule has 2 N–H and O–H groups in total. The summed E-state index contributed by atoms with van der Waals surface area (Å²) in [5, 5.41) is -0.101. The molecule has 13 heavy (non-hydrogen) atoms. The van der Waals surface area contributed by atoms with E-state index in [1.165, 1.54) is 0 Å². The predicted molar refractivity (Wildman–Crippen MR) is 57.9 cm³/mol. The van der Waals surface area contributed by atoms with Crippen molar-refractivity contribution in [2.24, 2.45) is 5.73 Å². The van der Waals surface area contributed by atoms with Crippen LogP contribution in [-0.4, -0.2) is 13.7 Å². The van der Waals surface area contributed by atoms with Crippen LogP contribution in [0.15, 0.2) is 24.3 Å². The second-order valence-electron chi connectivity index (χ2n) is 2.48. The monoisotopic (exact) mass is 221 g/mol. The van der Waals surface area contributed by atoms with Gasteiger partial charge in [-0.15, -0.1) is 24.0 Å². The van der Waals surface area contributed by atoms with Crippen molar-refractivity contribution < 1.29 is 4.74 Å². The van der Waals surface area contributed by atoms with Crippen molar-refractivity contribution in [2.45, 2.75) is 5.38 Å². The maximum atomic E-state index is 5.92. The zero-order chi connectivity index (χ0) is 8.97. The zero-order valence-electron chi connectivity index (χ0n) is 7.37. The smallest absolute Gasteiger partial charge is 0.118 e. The average molecular weight is 222 g/mol. The third kappa shape index (κ3) is 3.43. The van der Waals surface area contributed by atoms with Crippen LogP contribution in [0, 0.1) is 0 Å². The Morgan fingerprint density at radius 3 is 2.31 bits per heavy atom. The van der Waals surface area contributed by atoms with Gasteiger partial charge in [0, 0.05) is 6.54 Å². The minimum atomic E-state index is -0.101. The molecule has 0 radical (unpaired) electrons. The second-order valence-corrected chi connectivity index (χ2v) is 3.00. The van der Waals surface area contributed by atoms with Crippen molar-refractivity contribution in [1.29, 1.82) is 0 Å². The molecule has 0 amide bonds. The lowest BCUT2D eigenvalue weighted by Gasteiger charge is -2.06. The molecule has 1 aromatic rings. The quantitative estimate of drug-likeness (QED) is 0.796. The lowest BCUT2D eigenvalue weighted by Crippen LogP contribution is -2.06. The van der Waals surface area contributed by atoms with Gasteiger partial charge in [0.25, 0.3) is 0 Å². The van der Waals surface area contributed by atoms with Gasteiger partial charge in [-0.1, -0.05) is 12.1 Å². The summed E-state index contributed by atoms with van der Waals surface area (Å²) < 4.78 is 5.01. The molecule has 2 nitrogen and oxygen atoms in total. The molecule has 1 unspecified atom stereocenters. The minimum absolute atomic E-state index is 0. The van der Waals surface area contributed by atoms with Crippen LogP contribution in [0.5, 0.6) is 5.75 Å². The second kappa shape index (κ2) is 6.08. The number of hydrogen-bond acceptors (Lipinski definition) is 2. The fourth-order valence-corrected chi connectivity index (χ4v) is 1.09. The predicted octanol–water partition coefficient (Wildman–Crippen LogP) is 2.36. The lowest BCUT2D eigenvalue weighted by atomic mass is 10.1. The van der Waals surface area contributed by atoms with Crippen LogP contribution in [0.4, 0.5) is 0 Å². The summed E-state index contributed by atoms with van der Waals surface area (Å²) in [6, 6.07) is 7.59. The molecule has 0 saturated carbocycles. The highest BCUT2D eigenvalue weighted by Gasteiger charge is 2.04. The fraction of sp³-hybridized carbons (Fsp3) is 0.333. The molecule has 1 aromatic carbocycles. The molecule has 4 heteroatoms. The van der Waals surface area contributed by atoms with Gasteiger partial charge in [-0.05, 0) is 17.7 Å². The van der Waals surface area contributed by atoms with Crippen LogP contribution in [0.25, 0.3) is 0 Å². The van der Waals surface area contributed by atoms with E-state index in [4.69, 9.17) is 22.1 Å². The first-order valence-electron chi connectivity index (χ1n) is 3.76. The molecule has 0 aliphatic rings. The summed E-state index contributed by atoms with van der Waals surface area (Å²) in [6.07, 6.45) is 0. The van der Waals surface area contributed by atoms with E-state index in [0.29, 0.717) is 6.54 Å². The highest BCUT2D eigenvalue weighted by molar-refractivity contribution is 6.21. The minimum Gasteiger partial charge on any atom is -0.497 e. The number of benzene rings is 1. The summed E-state index contributed by atoms with van der Waals surface area (Å²) >= 11 is 5.92. The van der Waals surface area contributed by atoms with Crippen molar-refractivity contribution in [3.63, 3.8) is 0 Å². The molecule has 0 aliphatic heterocycles. The van der Waals surface area contributed by atoms with E-state index in [9.17, 15) is 0 Å². The molecule has 0 saturated heterocycles. The molecule has 1 atom stereocenters. The summed E-state index contributed by atoms with van der Waals surface area (Å²) in [5.74, 6) is 0.833. The Morgan fingerprint density at radius 2 is 1.92 bits per heavy atom. The molecule has 0 aromatic heterocycles. The molecular weight excluding hydrogens is 209 g/mol. The van der Waals surface area contributed by atoms with Crippen molar-refractivity contribution in [3.8, 4) is 5.75 Å². The van der Waals surface area contributed by atoms with Crippen molar-refractivity contribution in [1.82, 2.24) is 0 Å². The van der Waals surface area contributed by atoms with Gasteiger partial charge in [-0.25, -0.2) is 0 Å². The first kappa shape index (κ1) is 12.6. The van der Waals surface area contributed by atoms with E-state index in [1.54, 1.807) is 7.11 Å². The number of alkyl halides is 1. The zero-order valence-corrected chi connectivity index (χ0v) is 8.94. The van der Waals surface area contributed by atoms with Gasteiger partial charge in [0.05, 0.1) is 12.5 Å². The normalized spacial score (nSPS) is 11.6. The van der Waals surface area contributed by atoms with E-state index in [-0.39, 0.29) is 17.8 Å². The highest BCUT2D eigenvalue weighted by atomic mass is 35.5. The molecular formula is C9H13Cl2NO. The third-order valence-electron chi connectivity index (χ3n) is 1.68. The number of rotatable bonds is 3. The standard InChI is InChI=1S/C9H12ClNO.ClH/c1-12-8-4-2-7(3-5-8)9(10)6-11;/h2-5,9H,6,11H2,1H3;1H. The molecule has 0 heterocycles. The Labute approximate surface area is 89.4 Å². The van der Waals surface area contributed by atoms with Crippen LogP contribution in [0.2, 0.25) is 0 Å². The first-order valence-corrected chi connectivity index (χ1v) is 4.19. The summed E-state index contributed by atoms with van der Waals surface area (Å²) in [5.41, 5.74) is 6.44. The molecule has 74 valence electrons. The van der Waals surface area contributed by atoms with Crippen LogP contribution in [-0.2, 0) is 0 Å². The molecule has 0 fully saturated rings. The Balaban J connectivity index is 0.00000144.